The molecular formula is C13H18N4OS. The van der Waals surface area contributed by atoms with Crippen LogP contribution in [0.5, 0.6) is 0 Å². The number of nitrogens with zero attached hydrogens (tertiary/aromatic N) is 1. The maximum absolute atomic E-state index is 12.0. The number of anilines is 1. The number of hydrogen-bond donors (Lipinski definition) is 3. The van der Waals surface area contributed by atoms with E-state index in [1.165, 1.54) is 4.88 Å². The van der Waals surface area contributed by atoms with E-state index in [4.69, 9.17) is 5.73 Å². The molecule has 0 saturated carbocycles. The van der Waals surface area contributed by atoms with Crippen LogP contribution in [-0.4, -0.2) is 16.1 Å². The fourth-order valence-corrected chi connectivity index (χ4v) is 2.66. The lowest BCUT2D eigenvalue weighted by Gasteiger charge is -2.02. The number of carbonyl (C=O) groups is 1. The highest BCUT2D eigenvalue weighted by Gasteiger charge is 2.16. The van der Waals surface area contributed by atoms with Crippen LogP contribution in [-0.2, 0) is 13.0 Å². The Morgan fingerprint density at radius 3 is 2.95 bits per heavy atom. The highest BCUT2D eigenvalue weighted by atomic mass is 32.1. The second-order valence-electron chi connectivity index (χ2n) is 4.41. The average Bonchev–Trinajstić information content (AvgIpc) is 2.95. The molecule has 0 radical (unpaired) electrons. The van der Waals surface area contributed by atoms with Gasteiger partial charge in [0.25, 0.3) is 5.91 Å². The van der Waals surface area contributed by atoms with Crippen LogP contribution in [0.4, 0.5) is 5.69 Å². The van der Waals surface area contributed by atoms with Crippen LogP contribution in [0.15, 0.2) is 12.1 Å². The van der Waals surface area contributed by atoms with Gasteiger partial charge in [0.2, 0.25) is 0 Å². The van der Waals surface area contributed by atoms with Crippen molar-refractivity contribution in [3.8, 4) is 0 Å². The van der Waals surface area contributed by atoms with Crippen LogP contribution >= 0.6 is 11.3 Å². The molecule has 0 spiro atoms. The molecule has 1 amide bonds. The van der Waals surface area contributed by atoms with Gasteiger partial charge in [0, 0.05) is 9.75 Å². The lowest BCUT2D eigenvalue weighted by molar-refractivity contribution is 0.0947. The average molecular weight is 278 g/mol. The quantitative estimate of drug-likeness (QED) is 0.784. The van der Waals surface area contributed by atoms with Crippen LogP contribution in [0, 0.1) is 6.92 Å². The number of nitrogen functional groups attached to an aromatic ring is 1. The van der Waals surface area contributed by atoms with Crippen molar-refractivity contribution < 1.29 is 4.79 Å². The number of amides is 1. The molecule has 0 saturated heterocycles. The molecule has 0 aliphatic rings. The van der Waals surface area contributed by atoms with Crippen molar-refractivity contribution in [1.82, 2.24) is 15.5 Å². The Morgan fingerprint density at radius 2 is 2.32 bits per heavy atom. The Labute approximate surface area is 116 Å². The van der Waals surface area contributed by atoms with Gasteiger partial charge in [0.1, 0.15) is 0 Å². The monoisotopic (exact) mass is 278 g/mol. The van der Waals surface area contributed by atoms with Gasteiger partial charge in [-0.05, 0) is 25.5 Å². The molecule has 2 aromatic heterocycles. The number of carbonyl (C=O) groups excluding carboxylic acids is 1. The molecule has 5 nitrogen and oxygen atoms in total. The van der Waals surface area contributed by atoms with E-state index < -0.39 is 0 Å². The zero-order valence-corrected chi connectivity index (χ0v) is 11.9. The van der Waals surface area contributed by atoms with Gasteiger partial charge in [0.05, 0.1) is 17.9 Å². The Bertz CT molecular complexity index is 573. The van der Waals surface area contributed by atoms with Crippen molar-refractivity contribution in [2.75, 3.05) is 5.73 Å². The van der Waals surface area contributed by atoms with Crippen LogP contribution in [0.25, 0.3) is 0 Å². The normalized spacial score (nSPS) is 10.6. The minimum absolute atomic E-state index is 0.234. The standard InChI is InChI=1S/C13H18N4OS/c1-3-4-10-11(14)12(17-16-10)13(18)15-7-9-6-5-8(2)19-9/h5-6H,3-4,7,14H2,1-2H3,(H,15,18)(H,16,17). The van der Waals surface area contributed by atoms with Gasteiger partial charge in [-0.1, -0.05) is 13.3 Å². The molecule has 6 heteroatoms. The van der Waals surface area contributed by atoms with E-state index in [0.717, 1.165) is 23.4 Å². The first kappa shape index (κ1) is 13.6. The van der Waals surface area contributed by atoms with Gasteiger partial charge in [-0.3, -0.25) is 9.89 Å². The summed E-state index contributed by atoms with van der Waals surface area (Å²) in [4.78, 5) is 14.3. The second-order valence-corrected chi connectivity index (χ2v) is 5.78. The number of H-pyrrole nitrogens is 1. The Balaban J connectivity index is 2.00. The van der Waals surface area contributed by atoms with Crippen molar-refractivity contribution in [3.63, 3.8) is 0 Å². The maximum Gasteiger partial charge on any atom is 0.274 e. The minimum Gasteiger partial charge on any atom is -0.395 e. The Morgan fingerprint density at radius 1 is 1.53 bits per heavy atom. The molecule has 0 unspecified atom stereocenters. The van der Waals surface area contributed by atoms with E-state index in [2.05, 4.69) is 22.4 Å². The molecule has 0 aliphatic heterocycles. The summed E-state index contributed by atoms with van der Waals surface area (Å²) in [5.41, 5.74) is 7.49. The van der Waals surface area contributed by atoms with Gasteiger partial charge < -0.3 is 11.1 Å². The first-order chi connectivity index (χ1) is 9.11. The van der Waals surface area contributed by atoms with Crippen LogP contribution < -0.4 is 11.1 Å². The van der Waals surface area contributed by atoms with Crippen LogP contribution in [0.1, 0.15) is 39.3 Å². The smallest absolute Gasteiger partial charge is 0.274 e. The fourth-order valence-electron chi connectivity index (χ4n) is 1.83. The van der Waals surface area contributed by atoms with Crippen molar-refractivity contribution in [2.45, 2.75) is 33.2 Å². The van der Waals surface area contributed by atoms with E-state index in [1.807, 2.05) is 19.1 Å². The van der Waals surface area contributed by atoms with E-state index >= 15 is 0 Å². The predicted molar refractivity (Wildman–Crippen MR) is 77.2 cm³/mol. The van der Waals surface area contributed by atoms with Gasteiger partial charge in [-0.25, -0.2) is 0 Å². The third kappa shape index (κ3) is 3.14. The molecule has 0 atom stereocenters. The first-order valence-corrected chi connectivity index (χ1v) is 7.09. The molecule has 0 aromatic carbocycles. The van der Waals surface area contributed by atoms with Gasteiger partial charge in [-0.15, -0.1) is 11.3 Å². The molecule has 4 N–H and O–H groups in total. The lowest BCUT2D eigenvalue weighted by Crippen LogP contribution is -2.23. The van der Waals surface area contributed by atoms with Crippen LogP contribution in [0.2, 0.25) is 0 Å². The number of rotatable bonds is 5. The summed E-state index contributed by atoms with van der Waals surface area (Å²) < 4.78 is 0. The number of nitrogens with one attached hydrogen (secondary N) is 2. The minimum atomic E-state index is -0.234. The molecule has 2 rings (SSSR count). The molecule has 2 aromatic rings. The zero-order valence-electron chi connectivity index (χ0n) is 11.1. The molecule has 19 heavy (non-hydrogen) atoms. The molecule has 0 fully saturated rings. The third-order valence-corrected chi connectivity index (χ3v) is 3.82. The predicted octanol–water partition coefficient (Wildman–Crippen LogP) is 2.24. The third-order valence-electron chi connectivity index (χ3n) is 2.82. The number of aryl methyl sites for hydroxylation is 2. The Kier molecular flexibility index (Phi) is 4.21. The SMILES string of the molecule is CCCc1[nH]nc(C(=O)NCc2ccc(C)s2)c1N. The lowest BCUT2D eigenvalue weighted by atomic mass is 10.2. The molecule has 0 bridgehead atoms. The Hall–Kier alpha value is -1.82. The first-order valence-electron chi connectivity index (χ1n) is 6.28. The number of hydrogen-bond acceptors (Lipinski definition) is 4. The molecule has 2 heterocycles. The summed E-state index contributed by atoms with van der Waals surface area (Å²) in [5.74, 6) is -0.234. The fraction of sp³-hybridized carbons (Fsp3) is 0.385. The number of aromatic nitrogens is 2. The summed E-state index contributed by atoms with van der Waals surface area (Å²) >= 11 is 1.67. The molecule has 0 aliphatic carbocycles. The highest BCUT2D eigenvalue weighted by molar-refractivity contribution is 7.11. The molecular weight excluding hydrogens is 260 g/mol. The van der Waals surface area contributed by atoms with E-state index in [9.17, 15) is 4.79 Å². The summed E-state index contributed by atoms with van der Waals surface area (Å²) in [7, 11) is 0. The molecule has 102 valence electrons. The van der Waals surface area contributed by atoms with Crippen molar-refractivity contribution in [1.29, 1.82) is 0 Å². The zero-order chi connectivity index (χ0) is 13.8. The number of nitrogens with two attached hydrogens (primary N) is 1. The highest BCUT2D eigenvalue weighted by Crippen LogP contribution is 2.17. The van der Waals surface area contributed by atoms with E-state index in [1.54, 1.807) is 11.3 Å². The van der Waals surface area contributed by atoms with Crippen molar-refractivity contribution in [3.05, 3.63) is 33.3 Å². The van der Waals surface area contributed by atoms with Crippen molar-refractivity contribution >= 4 is 22.9 Å². The largest absolute Gasteiger partial charge is 0.395 e. The summed E-state index contributed by atoms with van der Waals surface area (Å²) in [5, 5.41) is 9.65. The van der Waals surface area contributed by atoms with Crippen LogP contribution in [0.3, 0.4) is 0 Å². The number of aromatic amines is 1. The maximum atomic E-state index is 12.0. The number of thiophene rings is 1. The van der Waals surface area contributed by atoms with Gasteiger partial charge in [-0.2, -0.15) is 5.10 Å². The van der Waals surface area contributed by atoms with E-state index in [-0.39, 0.29) is 11.6 Å². The van der Waals surface area contributed by atoms with Gasteiger partial charge >= 0.3 is 0 Å². The van der Waals surface area contributed by atoms with E-state index in [0.29, 0.717) is 12.2 Å². The van der Waals surface area contributed by atoms with Gasteiger partial charge in [0.15, 0.2) is 5.69 Å². The second kappa shape index (κ2) is 5.88. The summed E-state index contributed by atoms with van der Waals surface area (Å²) in [6, 6.07) is 4.05. The summed E-state index contributed by atoms with van der Waals surface area (Å²) in [6.07, 6.45) is 1.76. The topological polar surface area (TPSA) is 83.8 Å². The summed E-state index contributed by atoms with van der Waals surface area (Å²) in [6.45, 7) is 4.60. The van der Waals surface area contributed by atoms with Crippen molar-refractivity contribution in [2.24, 2.45) is 0 Å².